The van der Waals surface area contributed by atoms with Gasteiger partial charge in [-0.1, -0.05) is 43.7 Å². The first-order valence-electron chi connectivity index (χ1n) is 8.13. The quantitative estimate of drug-likeness (QED) is 0.831. The number of likely N-dealkylation sites (N-methyl/N-ethyl adjacent to an activating group) is 1. The Labute approximate surface area is 128 Å². The van der Waals surface area contributed by atoms with Crippen molar-refractivity contribution in [3.63, 3.8) is 0 Å². The molecule has 1 aliphatic rings. The number of amides is 1. The van der Waals surface area contributed by atoms with Gasteiger partial charge in [0.15, 0.2) is 0 Å². The van der Waals surface area contributed by atoms with E-state index in [1.54, 1.807) is 0 Å². The van der Waals surface area contributed by atoms with Crippen molar-refractivity contribution in [3.05, 3.63) is 35.9 Å². The van der Waals surface area contributed by atoms with Gasteiger partial charge in [0.25, 0.3) is 0 Å². The van der Waals surface area contributed by atoms with Crippen LogP contribution in [0.15, 0.2) is 30.3 Å². The van der Waals surface area contributed by atoms with Gasteiger partial charge in [0.05, 0.1) is 5.92 Å². The largest absolute Gasteiger partial charge is 0.342 e. The lowest BCUT2D eigenvalue weighted by atomic mass is 9.92. The first-order valence-corrected chi connectivity index (χ1v) is 8.13. The van der Waals surface area contributed by atoms with Crippen molar-refractivity contribution in [1.29, 1.82) is 0 Å². The van der Waals surface area contributed by atoms with E-state index in [2.05, 4.69) is 31.0 Å². The molecule has 1 atom stereocenters. The third-order valence-corrected chi connectivity index (χ3v) is 4.66. The molecule has 0 bridgehead atoms. The van der Waals surface area contributed by atoms with E-state index in [4.69, 9.17) is 0 Å². The highest BCUT2D eigenvalue weighted by Crippen LogP contribution is 2.26. The topological polar surface area (TPSA) is 23.6 Å². The van der Waals surface area contributed by atoms with E-state index in [-0.39, 0.29) is 11.8 Å². The zero-order valence-corrected chi connectivity index (χ0v) is 13.6. The second-order valence-corrected chi connectivity index (χ2v) is 6.24. The molecule has 1 aromatic rings. The average Bonchev–Trinajstić information content (AvgIpc) is 2.53. The van der Waals surface area contributed by atoms with Crippen LogP contribution in [-0.2, 0) is 4.79 Å². The van der Waals surface area contributed by atoms with Crippen molar-refractivity contribution >= 4 is 5.91 Å². The van der Waals surface area contributed by atoms with E-state index in [1.807, 2.05) is 30.1 Å². The number of carbonyl (C=O) groups is 1. The van der Waals surface area contributed by atoms with Crippen molar-refractivity contribution in [2.75, 3.05) is 27.2 Å². The summed E-state index contributed by atoms with van der Waals surface area (Å²) in [5, 5.41) is 0. The number of hydrogen-bond donors (Lipinski definition) is 0. The van der Waals surface area contributed by atoms with Crippen molar-refractivity contribution < 1.29 is 4.79 Å². The summed E-state index contributed by atoms with van der Waals surface area (Å²) in [5.74, 6) is 0.304. The molecule has 0 radical (unpaired) electrons. The molecule has 0 unspecified atom stereocenters. The monoisotopic (exact) mass is 288 g/mol. The second kappa shape index (κ2) is 7.60. The van der Waals surface area contributed by atoms with Crippen LogP contribution in [0.1, 0.15) is 44.1 Å². The Morgan fingerprint density at radius 2 is 1.90 bits per heavy atom. The van der Waals surface area contributed by atoms with Crippen LogP contribution in [0.4, 0.5) is 0 Å². The minimum absolute atomic E-state index is 0.0147. The van der Waals surface area contributed by atoms with Gasteiger partial charge in [0, 0.05) is 13.1 Å². The van der Waals surface area contributed by atoms with Gasteiger partial charge in [-0.05, 0) is 45.0 Å². The van der Waals surface area contributed by atoms with E-state index in [1.165, 1.54) is 0 Å². The van der Waals surface area contributed by atoms with Gasteiger partial charge in [0.2, 0.25) is 5.91 Å². The molecule has 1 heterocycles. The fourth-order valence-corrected chi connectivity index (χ4v) is 3.21. The van der Waals surface area contributed by atoms with Crippen molar-refractivity contribution in [2.45, 2.75) is 44.6 Å². The lowest BCUT2D eigenvalue weighted by molar-refractivity contribution is -0.134. The highest BCUT2D eigenvalue weighted by Gasteiger charge is 2.29. The highest BCUT2D eigenvalue weighted by molar-refractivity contribution is 5.83. The van der Waals surface area contributed by atoms with Crippen LogP contribution in [-0.4, -0.2) is 48.9 Å². The standard InChI is InChI=1S/C18H28N2O/c1-4-8-17(15-9-6-5-7-10-15)18(21)20(3)16-11-13-19(2)14-12-16/h5-7,9-10,16-17H,4,8,11-14H2,1-3H3/t17-/m0/s1. The number of nitrogens with zero attached hydrogens (tertiary/aromatic N) is 2. The van der Waals surface area contributed by atoms with Crippen molar-refractivity contribution in [1.82, 2.24) is 9.80 Å². The molecular weight excluding hydrogens is 260 g/mol. The molecule has 3 heteroatoms. The van der Waals surface area contributed by atoms with Gasteiger partial charge in [-0.15, -0.1) is 0 Å². The third kappa shape index (κ3) is 4.07. The fourth-order valence-electron chi connectivity index (χ4n) is 3.21. The fraction of sp³-hybridized carbons (Fsp3) is 0.611. The van der Waals surface area contributed by atoms with Crippen LogP contribution in [0.2, 0.25) is 0 Å². The third-order valence-electron chi connectivity index (χ3n) is 4.66. The number of rotatable bonds is 5. The Morgan fingerprint density at radius 1 is 1.29 bits per heavy atom. The Kier molecular flexibility index (Phi) is 5.80. The zero-order valence-electron chi connectivity index (χ0n) is 13.6. The van der Waals surface area contributed by atoms with Crippen molar-refractivity contribution in [2.24, 2.45) is 0 Å². The summed E-state index contributed by atoms with van der Waals surface area (Å²) in [5.41, 5.74) is 1.16. The predicted octanol–water partition coefficient (Wildman–Crippen LogP) is 3.12. The molecule has 0 spiro atoms. The second-order valence-electron chi connectivity index (χ2n) is 6.24. The van der Waals surface area contributed by atoms with E-state index in [0.717, 1.165) is 44.3 Å². The number of likely N-dealkylation sites (tertiary alicyclic amines) is 1. The smallest absolute Gasteiger partial charge is 0.230 e. The zero-order chi connectivity index (χ0) is 15.2. The van der Waals surface area contributed by atoms with E-state index < -0.39 is 0 Å². The van der Waals surface area contributed by atoms with Gasteiger partial charge in [-0.2, -0.15) is 0 Å². The van der Waals surface area contributed by atoms with Crippen molar-refractivity contribution in [3.8, 4) is 0 Å². The lowest BCUT2D eigenvalue weighted by Crippen LogP contribution is -2.46. The van der Waals surface area contributed by atoms with E-state index in [9.17, 15) is 4.79 Å². The Morgan fingerprint density at radius 3 is 2.48 bits per heavy atom. The summed E-state index contributed by atoms with van der Waals surface area (Å²) in [6.07, 6.45) is 4.14. The number of carbonyl (C=O) groups excluding carboxylic acids is 1. The normalized spacial score (nSPS) is 18.4. The molecule has 1 saturated heterocycles. The van der Waals surface area contributed by atoms with Crippen LogP contribution >= 0.6 is 0 Å². The molecule has 116 valence electrons. The molecule has 2 rings (SSSR count). The van der Waals surface area contributed by atoms with Gasteiger partial charge in [-0.25, -0.2) is 0 Å². The lowest BCUT2D eigenvalue weighted by Gasteiger charge is -2.36. The first-order chi connectivity index (χ1) is 10.1. The molecule has 21 heavy (non-hydrogen) atoms. The number of benzene rings is 1. The van der Waals surface area contributed by atoms with Crippen LogP contribution in [0, 0.1) is 0 Å². The first kappa shape index (κ1) is 16.0. The maximum atomic E-state index is 12.9. The number of hydrogen-bond acceptors (Lipinski definition) is 2. The average molecular weight is 288 g/mol. The molecular formula is C18H28N2O. The molecule has 1 aromatic carbocycles. The van der Waals surface area contributed by atoms with Crippen LogP contribution in [0.25, 0.3) is 0 Å². The molecule has 0 aliphatic carbocycles. The minimum Gasteiger partial charge on any atom is -0.342 e. The summed E-state index contributed by atoms with van der Waals surface area (Å²) >= 11 is 0. The summed E-state index contributed by atoms with van der Waals surface area (Å²) in [4.78, 5) is 17.3. The Balaban J connectivity index is 2.07. The van der Waals surface area contributed by atoms with Gasteiger partial charge >= 0.3 is 0 Å². The maximum Gasteiger partial charge on any atom is 0.230 e. The molecule has 0 N–H and O–H groups in total. The van der Waals surface area contributed by atoms with Crippen LogP contribution < -0.4 is 0 Å². The summed E-state index contributed by atoms with van der Waals surface area (Å²) in [6, 6.07) is 10.6. The summed E-state index contributed by atoms with van der Waals surface area (Å²) < 4.78 is 0. The number of piperidine rings is 1. The van der Waals surface area contributed by atoms with E-state index in [0.29, 0.717) is 6.04 Å². The van der Waals surface area contributed by atoms with Gasteiger partial charge < -0.3 is 9.80 Å². The molecule has 0 aromatic heterocycles. The molecule has 1 amide bonds. The Bertz CT molecular complexity index is 438. The molecule has 1 aliphatic heterocycles. The van der Waals surface area contributed by atoms with Crippen LogP contribution in [0.5, 0.6) is 0 Å². The maximum absolute atomic E-state index is 12.9. The predicted molar refractivity (Wildman–Crippen MR) is 87.4 cm³/mol. The van der Waals surface area contributed by atoms with Gasteiger partial charge in [-0.3, -0.25) is 4.79 Å². The molecule has 1 fully saturated rings. The molecule has 0 saturated carbocycles. The summed E-state index contributed by atoms with van der Waals surface area (Å²) in [7, 11) is 4.14. The highest BCUT2D eigenvalue weighted by atomic mass is 16.2. The SMILES string of the molecule is CCC[C@H](C(=O)N(C)C1CCN(C)CC1)c1ccccc1. The minimum atomic E-state index is 0.0147. The summed E-state index contributed by atoms with van der Waals surface area (Å²) in [6.45, 7) is 4.33. The van der Waals surface area contributed by atoms with E-state index >= 15 is 0 Å². The van der Waals surface area contributed by atoms with Crippen LogP contribution in [0.3, 0.4) is 0 Å². The molecule has 3 nitrogen and oxygen atoms in total. The Hall–Kier alpha value is -1.35. The van der Waals surface area contributed by atoms with Gasteiger partial charge in [0.1, 0.15) is 0 Å².